The summed E-state index contributed by atoms with van der Waals surface area (Å²) in [6.07, 6.45) is 0. The Balaban J connectivity index is 1.64. The summed E-state index contributed by atoms with van der Waals surface area (Å²) in [5, 5.41) is 16.2. The lowest BCUT2D eigenvalue weighted by Gasteiger charge is -2.05. The van der Waals surface area contributed by atoms with Crippen LogP contribution >= 0.6 is 34.4 Å². The SMILES string of the molecule is COC(=O)c1ccsc1NC(=O)CSc1nnc(-c2csc(C(C)C)c2)n1C. The Bertz CT molecular complexity index is 990. The van der Waals surface area contributed by atoms with Gasteiger partial charge in [-0.3, -0.25) is 4.79 Å². The van der Waals surface area contributed by atoms with Gasteiger partial charge < -0.3 is 14.6 Å². The molecule has 0 aliphatic heterocycles. The van der Waals surface area contributed by atoms with Gasteiger partial charge in [-0.15, -0.1) is 32.9 Å². The van der Waals surface area contributed by atoms with Crippen LogP contribution in [0.4, 0.5) is 5.00 Å². The molecule has 3 rings (SSSR count). The topological polar surface area (TPSA) is 86.1 Å². The van der Waals surface area contributed by atoms with Crippen molar-refractivity contribution in [2.75, 3.05) is 18.2 Å². The molecule has 0 bridgehead atoms. The fraction of sp³-hybridized carbons (Fsp3) is 0.333. The van der Waals surface area contributed by atoms with Gasteiger partial charge in [0.1, 0.15) is 5.00 Å². The summed E-state index contributed by atoms with van der Waals surface area (Å²) in [5.74, 6) is 0.707. The second-order valence-corrected chi connectivity index (χ2v) is 9.05. The molecule has 1 amide bonds. The van der Waals surface area contributed by atoms with Gasteiger partial charge in [0, 0.05) is 22.9 Å². The second kappa shape index (κ2) is 8.89. The van der Waals surface area contributed by atoms with Gasteiger partial charge in [-0.2, -0.15) is 0 Å². The van der Waals surface area contributed by atoms with E-state index in [1.807, 2.05) is 11.6 Å². The van der Waals surface area contributed by atoms with Crippen LogP contribution in [-0.4, -0.2) is 39.5 Å². The number of methoxy groups -OCH3 is 1. The summed E-state index contributed by atoms with van der Waals surface area (Å²) in [4.78, 5) is 25.3. The zero-order valence-electron chi connectivity index (χ0n) is 15.9. The highest BCUT2D eigenvalue weighted by Crippen LogP contribution is 2.30. The van der Waals surface area contributed by atoms with Crippen molar-refractivity contribution < 1.29 is 14.3 Å². The fourth-order valence-corrected chi connectivity index (χ4v) is 4.84. The first kappa shape index (κ1) is 20.6. The van der Waals surface area contributed by atoms with E-state index in [0.717, 1.165) is 11.4 Å². The van der Waals surface area contributed by atoms with Gasteiger partial charge in [-0.25, -0.2) is 4.79 Å². The number of ether oxygens (including phenoxy) is 1. The van der Waals surface area contributed by atoms with E-state index in [2.05, 4.69) is 40.8 Å². The number of thiophene rings is 2. The molecule has 0 aliphatic rings. The van der Waals surface area contributed by atoms with Gasteiger partial charge in [0.2, 0.25) is 5.91 Å². The minimum atomic E-state index is -0.473. The van der Waals surface area contributed by atoms with Crippen LogP contribution in [0.2, 0.25) is 0 Å². The van der Waals surface area contributed by atoms with Crippen LogP contribution < -0.4 is 5.32 Å². The average molecular weight is 437 g/mol. The Labute approximate surface area is 175 Å². The summed E-state index contributed by atoms with van der Waals surface area (Å²) in [7, 11) is 3.20. The maximum Gasteiger partial charge on any atom is 0.340 e. The van der Waals surface area contributed by atoms with Gasteiger partial charge in [0.15, 0.2) is 11.0 Å². The molecular weight excluding hydrogens is 416 g/mol. The van der Waals surface area contributed by atoms with Gasteiger partial charge in [-0.05, 0) is 23.4 Å². The lowest BCUT2D eigenvalue weighted by Crippen LogP contribution is -2.16. The summed E-state index contributed by atoms with van der Waals surface area (Å²) in [6, 6.07) is 3.76. The Morgan fingerprint density at radius 1 is 1.32 bits per heavy atom. The number of carbonyl (C=O) groups excluding carboxylic acids is 2. The van der Waals surface area contributed by atoms with E-state index in [1.165, 1.54) is 35.1 Å². The zero-order chi connectivity index (χ0) is 20.3. The highest BCUT2D eigenvalue weighted by molar-refractivity contribution is 7.99. The van der Waals surface area contributed by atoms with Crippen LogP contribution in [-0.2, 0) is 16.6 Å². The van der Waals surface area contributed by atoms with Crippen LogP contribution in [0, 0.1) is 0 Å². The number of aromatic nitrogens is 3. The Kier molecular flexibility index (Phi) is 6.53. The summed E-state index contributed by atoms with van der Waals surface area (Å²) < 4.78 is 6.60. The third kappa shape index (κ3) is 4.45. The van der Waals surface area contributed by atoms with Gasteiger partial charge >= 0.3 is 5.97 Å². The molecule has 0 radical (unpaired) electrons. The highest BCUT2D eigenvalue weighted by Gasteiger charge is 2.18. The summed E-state index contributed by atoms with van der Waals surface area (Å²) in [6.45, 7) is 4.32. The van der Waals surface area contributed by atoms with Crippen molar-refractivity contribution in [3.8, 4) is 11.4 Å². The van der Waals surface area contributed by atoms with Crippen LogP contribution in [0.1, 0.15) is 35.0 Å². The number of esters is 1. The number of rotatable bonds is 7. The number of carbonyl (C=O) groups is 2. The highest BCUT2D eigenvalue weighted by atomic mass is 32.2. The van der Waals surface area contributed by atoms with E-state index in [9.17, 15) is 9.59 Å². The normalized spacial score (nSPS) is 11.0. The Hall–Kier alpha value is -2.17. The molecule has 0 aliphatic carbocycles. The van der Waals surface area contributed by atoms with Crippen molar-refractivity contribution >= 4 is 51.3 Å². The van der Waals surface area contributed by atoms with Crippen molar-refractivity contribution in [2.45, 2.75) is 24.9 Å². The number of anilines is 1. The molecule has 7 nitrogen and oxygen atoms in total. The molecule has 3 heterocycles. The molecule has 0 spiro atoms. The van der Waals surface area contributed by atoms with Crippen LogP contribution in [0.5, 0.6) is 0 Å². The smallest absolute Gasteiger partial charge is 0.340 e. The molecule has 3 aromatic rings. The number of nitrogens with zero attached hydrogens (tertiary/aromatic N) is 3. The van der Waals surface area contributed by atoms with E-state index in [0.29, 0.717) is 21.6 Å². The molecule has 148 valence electrons. The number of nitrogens with one attached hydrogen (secondary N) is 1. The third-order valence-electron chi connectivity index (χ3n) is 3.94. The molecule has 0 fully saturated rings. The van der Waals surface area contributed by atoms with E-state index >= 15 is 0 Å². The van der Waals surface area contributed by atoms with Gasteiger partial charge in [0.25, 0.3) is 0 Å². The largest absolute Gasteiger partial charge is 0.465 e. The summed E-state index contributed by atoms with van der Waals surface area (Å²) >= 11 is 4.28. The minimum absolute atomic E-state index is 0.158. The standard InChI is InChI=1S/C18H20N4O3S3/c1-10(2)13-7-11(8-27-13)15-20-21-18(22(15)3)28-9-14(23)19-16-12(5-6-26-16)17(24)25-4/h5-8,10H,9H2,1-4H3,(H,19,23). The lowest BCUT2D eigenvalue weighted by molar-refractivity contribution is -0.113. The minimum Gasteiger partial charge on any atom is -0.465 e. The summed E-state index contributed by atoms with van der Waals surface area (Å²) in [5.41, 5.74) is 1.38. The van der Waals surface area contributed by atoms with E-state index < -0.39 is 5.97 Å². The zero-order valence-corrected chi connectivity index (χ0v) is 18.3. The molecule has 28 heavy (non-hydrogen) atoms. The number of hydrogen-bond donors (Lipinski definition) is 1. The third-order valence-corrected chi connectivity index (χ3v) is 7.02. The first-order valence-corrected chi connectivity index (χ1v) is 11.2. The second-order valence-electron chi connectivity index (χ2n) is 6.25. The molecule has 10 heteroatoms. The van der Waals surface area contributed by atoms with E-state index in [1.54, 1.807) is 22.8 Å². The van der Waals surface area contributed by atoms with E-state index in [4.69, 9.17) is 4.74 Å². The Morgan fingerprint density at radius 2 is 2.11 bits per heavy atom. The van der Waals surface area contributed by atoms with Crippen molar-refractivity contribution in [2.24, 2.45) is 7.05 Å². The number of hydrogen-bond acceptors (Lipinski definition) is 8. The fourth-order valence-electron chi connectivity index (χ4n) is 2.43. The van der Waals surface area contributed by atoms with E-state index in [-0.39, 0.29) is 11.7 Å². The van der Waals surface area contributed by atoms with Crippen molar-refractivity contribution in [3.05, 3.63) is 33.3 Å². The predicted molar refractivity (Wildman–Crippen MR) is 113 cm³/mol. The van der Waals surface area contributed by atoms with Crippen molar-refractivity contribution in [1.29, 1.82) is 0 Å². The first-order valence-electron chi connectivity index (χ1n) is 8.47. The molecular formula is C18H20N4O3S3. The molecule has 3 aromatic heterocycles. The average Bonchev–Trinajstić information content (AvgIpc) is 3.39. The predicted octanol–water partition coefficient (Wildman–Crippen LogP) is 4.25. The molecule has 0 aromatic carbocycles. The number of amides is 1. The molecule has 0 unspecified atom stereocenters. The lowest BCUT2D eigenvalue weighted by atomic mass is 10.1. The quantitative estimate of drug-likeness (QED) is 0.440. The first-order chi connectivity index (χ1) is 13.4. The van der Waals surface area contributed by atoms with Crippen LogP contribution in [0.3, 0.4) is 0 Å². The maximum atomic E-state index is 12.3. The van der Waals surface area contributed by atoms with Crippen LogP contribution in [0.15, 0.2) is 28.0 Å². The molecule has 0 saturated carbocycles. The molecule has 0 saturated heterocycles. The Morgan fingerprint density at radius 3 is 2.79 bits per heavy atom. The molecule has 1 N–H and O–H groups in total. The van der Waals surface area contributed by atoms with Crippen molar-refractivity contribution in [3.63, 3.8) is 0 Å². The number of thioether (sulfide) groups is 1. The molecule has 0 atom stereocenters. The monoisotopic (exact) mass is 436 g/mol. The van der Waals surface area contributed by atoms with Gasteiger partial charge in [-0.1, -0.05) is 25.6 Å². The van der Waals surface area contributed by atoms with Crippen LogP contribution in [0.25, 0.3) is 11.4 Å². The van der Waals surface area contributed by atoms with Crippen molar-refractivity contribution in [1.82, 2.24) is 14.8 Å². The maximum absolute atomic E-state index is 12.3. The van der Waals surface area contributed by atoms with Gasteiger partial charge in [0.05, 0.1) is 18.4 Å².